The third-order valence-corrected chi connectivity index (χ3v) is 5.56. The summed E-state index contributed by atoms with van der Waals surface area (Å²) >= 11 is 1.26. The smallest absolute Gasteiger partial charge is 0.289 e. The Hall–Kier alpha value is -3.03. The third-order valence-electron chi connectivity index (χ3n) is 4.29. The van der Waals surface area contributed by atoms with E-state index in [1.54, 1.807) is 0 Å². The molecule has 6 nitrogen and oxygen atoms in total. The van der Waals surface area contributed by atoms with Gasteiger partial charge in [0.1, 0.15) is 28.5 Å². The number of pyridine rings is 1. The van der Waals surface area contributed by atoms with Crippen molar-refractivity contribution in [1.29, 1.82) is 10.5 Å². The van der Waals surface area contributed by atoms with Crippen molar-refractivity contribution in [1.82, 2.24) is 4.90 Å². The second kappa shape index (κ2) is 7.90. The van der Waals surface area contributed by atoms with Gasteiger partial charge in [0, 0.05) is 13.1 Å². The Labute approximate surface area is 156 Å². The summed E-state index contributed by atoms with van der Waals surface area (Å²) in [6.07, 6.45) is 2.02. The molecule has 7 heteroatoms. The molecule has 3 N–H and O–H groups in total. The van der Waals surface area contributed by atoms with Crippen LogP contribution in [-0.4, -0.2) is 23.9 Å². The number of H-pyrrole nitrogens is 1. The van der Waals surface area contributed by atoms with Crippen molar-refractivity contribution < 1.29 is 9.78 Å². The van der Waals surface area contributed by atoms with Crippen molar-refractivity contribution in [2.24, 2.45) is 0 Å². The average molecular weight is 364 g/mol. The van der Waals surface area contributed by atoms with Crippen LogP contribution in [0.2, 0.25) is 0 Å². The Bertz CT molecular complexity index is 895. The van der Waals surface area contributed by atoms with E-state index in [0.717, 1.165) is 31.5 Å². The number of carbonyl (C=O) groups excluding carboxylic acids is 1. The van der Waals surface area contributed by atoms with Crippen molar-refractivity contribution >= 4 is 23.5 Å². The van der Waals surface area contributed by atoms with Crippen molar-refractivity contribution in [3.8, 4) is 12.1 Å². The van der Waals surface area contributed by atoms with E-state index in [9.17, 15) is 10.1 Å². The number of aromatic amines is 1. The molecule has 1 fully saturated rings. The molecule has 1 atom stereocenters. The van der Waals surface area contributed by atoms with Gasteiger partial charge < -0.3 is 4.90 Å². The minimum absolute atomic E-state index is 0.0268. The molecule has 0 bridgehead atoms. The molecule has 26 heavy (non-hydrogen) atoms. The average Bonchev–Trinajstić information content (AvgIpc) is 3.21. The lowest BCUT2D eigenvalue weighted by Gasteiger charge is -2.22. The van der Waals surface area contributed by atoms with Crippen LogP contribution in [0.25, 0.3) is 0 Å². The van der Waals surface area contributed by atoms with Crippen LogP contribution in [0.15, 0.2) is 41.4 Å². The number of aromatic nitrogens is 1. The van der Waals surface area contributed by atoms with Crippen molar-refractivity contribution in [3.63, 3.8) is 0 Å². The van der Waals surface area contributed by atoms with Gasteiger partial charge >= 0.3 is 0 Å². The number of nitrogens with two attached hydrogens (primary N) is 1. The van der Waals surface area contributed by atoms with Crippen LogP contribution in [0.3, 0.4) is 0 Å². The third kappa shape index (κ3) is 3.63. The predicted molar refractivity (Wildman–Crippen MR) is 97.7 cm³/mol. The van der Waals surface area contributed by atoms with Gasteiger partial charge in [-0.2, -0.15) is 10.5 Å². The van der Waals surface area contributed by atoms with Crippen LogP contribution in [0.4, 0.5) is 5.82 Å². The number of nitriles is 2. The Morgan fingerprint density at radius 3 is 2.42 bits per heavy atom. The standard InChI is InChI=1S/C19H17N5OS/c20-11-14-10-15(12-21)18(23-17(14)22)26-16(13-6-2-1-3-7-13)19(25)24-8-4-5-9-24/h1-3,6-7,10,16H,4-5,8-9H2,(H2,22,23)/p+1/t16-/m1/s1. The number of anilines is 1. The molecule has 2 heterocycles. The number of carbonyl (C=O) groups is 1. The van der Waals surface area contributed by atoms with Gasteiger partial charge in [0.05, 0.1) is 0 Å². The van der Waals surface area contributed by atoms with Crippen LogP contribution >= 0.6 is 11.8 Å². The topological polar surface area (TPSA) is 108 Å². The number of hydrogen-bond acceptors (Lipinski definition) is 5. The number of hydrogen-bond donors (Lipinski definition) is 1. The van der Waals surface area contributed by atoms with Crippen molar-refractivity contribution in [3.05, 3.63) is 53.1 Å². The SMILES string of the molecule is N#Cc1cc(C#N)c(S[C@@H](C(=O)N2CCCC2)c2ccccc2)[nH+]c1N. The molecule has 130 valence electrons. The van der Waals surface area contributed by atoms with E-state index < -0.39 is 5.25 Å². The Kier molecular flexibility index (Phi) is 5.40. The fourth-order valence-corrected chi connectivity index (χ4v) is 4.10. The highest BCUT2D eigenvalue weighted by molar-refractivity contribution is 8.00. The number of nitrogens with zero attached hydrogens (tertiary/aromatic N) is 3. The summed E-state index contributed by atoms with van der Waals surface area (Å²) in [4.78, 5) is 17.9. The zero-order chi connectivity index (χ0) is 18.5. The Morgan fingerprint density at radius 1 is 1.15 bits per heavy atom. The van der Waals surface area contributed by atoms with Gasteiger partial charge in [0.15, 0.2) is 5.03 Å². The quantitative estimate of drug-likeness (QED) is 0.837. The largest absolute Gasteiger partial charge is 0.341 e. The fraction of sp³-hybridized carbons (Fsp3) is 0.263. The van der Waals surface area contributed by atoms with Gasteiger partial charge in [-0.1, -0.05) is 42.1 Å². The first-order valence-electron chi connectivity index (χ1n) is 8.30. The second-order valence-corrected chi connectivity index (χ2v) is 7.12. The maximum atomic E-state index is 13.1. The highest BCUT2D eigenvalue weighted by Gasteiger charge is 2.31. The van der Waals surface area contributed by atoms with Crippen LogP contribution in [0.1, 0.15) is 34.8 Å². The summed E-state index contributed by atoms with van der Waals surface area (Å²) in [7, 11) is 0. The molecule has 1 aliphatic heterocycles. The number of rotatable bonds is 4. The van der Waals surface area contributed by atoms with Crippen molar-refractivity contribution in [2.75, 3.05) is 18.8 Å². The molecule has 1 saturated heterocycles. The van der Waals surface area contributed by atoms with Crippen LogP contribution in [-0.2, 0) is 4.79 Å². The molecular weight excluding hydrogens is 346 g/mol. The number of nitrogens with one attached hydrogen (secondary N) is 1. The molecule has 0 radical (unpaired) electrons. The monoisotopic (exact) mass is 364 g/mol. The molecule has 1 aromatic carbocycles. The molecule has 1 aromatic heterocycles. The van der Waals surface area contributed by atoms with E-state index >= 15 is 0 Å². The summed E-state index contributed by atoms with van der Waals surface area (Å²) in [5.74, 6) is 0.216. The number of amides is 1. The fourth-order valence-electron chi connectivity index (χ4n) is 2.92. The molecule has 0 spiro atoms. The molecule has 1 amide bonds. The van der Waals surface area contributed by atoms with Gasteiger partial charge in [0.25, 0.3) is 5.82 Å². The normalized spacial score (nSPS) is 14.5. The highest BCUT2D eigenvalue weighted by Crippen LogP contribution is 2.37. The van der Waals surface area contributed by atoms with E-state index in [-0.39, 0.29) is 17.3 Å². The lowest BCUT2D eigenvalue weighted by atomic mass is 10.1. The maximum Gasteiger partial charge on any atom is 0.289 e. The van der Waals surface area contributed by atoms with E-state index in [1.165, 1.54) is 17.8 Å². The van der Waals surface area contributed by atoms with Crippen LogP contribution in [0.5, 0.6) is 0 Å². The molecule has 0 aliphatic carbocycles. The van der Waals surface area contributed by atoms with Gasteiger partial charge in [-0.25, -0.2) is 4.98 Å². The molecule has 2 aromatic rings. The van der Waals surface area contributed by atoms with Gasteiger partial charge in [0.2, 0.25) is 5.91 Å². The lowest BCUT2D eigenvalue weighted by molar-refractivity contribution is -0.410. The maximum absolute atomic E-state index is 13.1. The van der Waals surface area contributed by atoms with Crippen LogP contribution < -0.4 is 10.7 Å². The second-order valence-electron chi connectivity index (χ2n) is 6.00. The first-order valence-corrected chi connectivity index (χ1v) is 9.18. The highest BCUT2D eigenvalue weighted by atomic mass is 32.2. The first kappa shape index (κ1) is 17.8. The summed E-state index contributed by atoms with van der Waals surface area (Å²) in [6, 6.07) is 15.0. The summed E-state index contributed by atoms with van der Waals surface area (Å²) in [6.45, 7) is 1.51. The Morgan fingerprint density at radius 2 is 1.81 bits per heavy atom. The number of benzene rings is 1. The summed E-state index contributed by atoms with van der Waals surface area (Å²) < 4.78 is 0. The minimum Gasteiger partial charge on any atom is -0.341 e. The van der Waals surface area contributed by atoms with Gasteiger partial charge in [-0.15, -0.1) is 0 Å². The molecule has 1 aliphatic rings. The Balaban J connectivity index is 1.99. The van der Waals surface area contributed by atoms with Gasteiger partial charge in [-0.05, 0) is 24.5 Å². The molecule has 0 saturated carbocycles. The summed E-state index contributed by atoms with van der Waals surface area (Å²) in [5, 5.41) is 18.5. The number of thioether (sulfide) groups is 1. The van der Waals surface area contributed by atoms with E-state index in [4.69, 9.17) is 11.0 Å². The van der Waals surface area contributed by atoms with E-state index in [1.807, 2.05) is 41.3 Å². The van der Waals surface area contributed by atoms with E-state index in [2.05, 4.69) is 11.1 Å². The zero-order valence-electron chi connectivity index (χ0n) is 14.1. The first-order chi connectivity index (χ1) is 12.6. The van der Waals surface area contributed by atoms with E-state index in [0.29, 0.717) is 10.6 Å². The van der Waals surface area contributed by atoms with Gasteiger partial charge in [-0.3, -0.25) is 10.5 Å². The number of likely N-dealkylation sites (tertiary alicyclic amines) is 1. The van der Waals surface area contributed by atoms with Crippen molar-refractivity contribution in [2.45, 2.75) is 23.1 Å². The summed E-state index contributed by atoms with van der Waals surface area (Å²) in [5.41, 5.74) is 7.26. The molecule has 0 unspecified atom stereocenters. The molecule has 3 rings (SSSR count). The van der Waals surface area contributed by atoms with Crippen LogP contribution in [0, 0.1) is 22.7 Å². The number of nitrogen functional groups attached to an aromatic ring is 1. The molecular formula is C19H18N5OS+. The predicted octanol–water partition coefficient (Wildman–Crippen LogP) is 2.28. The lowest BCUT2D eigenvalue weighted by Crippen LogP contribution is -2.32. The minimum atomic E-state index is -0.481. The zero-order valence-corrected chi connectivity index (χ0v) is 14.9.